The van der Waals surface area contributed by atoms with Crippen molar-refractivity contribution in [1.82, 2.24) is 25.5 Å². The highest BCUT2D eigenvalue weighted by Crippen LogP contribution is 2.27. The first-order chi connectivity index (χ1) is 6.93. The number of aromatic amines is 1. The molecule has 1 aliphatic heterocycles. The summed E-state index contributed by atoms with van der Waals surface area (Å²) in [5.74, 6) is 0.737. The number of tetrazole rings is 1. The normalized spacial score (nSPS) is 24.1. The van der Waals surface area contributed by atoms with Crippen LogP contribution >= 0.6 is 0 Å². The maximum atomic E-state index is 3.99. The first kappa shape index (κ1) is 8.16. The molecule has 0 bridgehead atoms. The summed E-state index contributed by atoms with van der Waals surface area (Å²) < 4.78 is 0. The molecule has 2 aliphatic rings. The Labute approximate surface area is 82.3 Å². The molecule has 0 atom stereocenters. The zero-order chi connectivity index (χ0) is 9.38. The Balaban J connectivity index is 1.59. The highest BCUT2D eigenvalue weighted by atomic mass is 15.5. The van der Waals surface area contributed by atoms with Crippen molar-refractivity contribution < 1.29 is 0 Å². The second kappa shape index (κ2) is 3.20. The van der Waals surface area contributed by atoms with Crippen LogP contribution in [0.25, 0.3) is 0 Å². The number of nitrogens with one attached hydrogen (secondary N) is 1. The van der Waals surface area contributed by atoms with Gasteiger partial charge in [-0.3, -0.25) is 4.90 Å². The molecule has 76 valence electrons. The molecule has 1 N–H and O–H groups in total. The van der Waals surface area contributed by atoms with Crippen molar-refractivity contribution in [2.24, 2.45) is 0 Å². The van der Waals surface area contributed by atoms with E-state index in [-0.39, 0.29) is 0 Å². The molecule has 2 fully saturated rings. The van der Waals surface area contributed by atoms with Crippen LogP contribution < -0.4 is 4.90 Å². The Hall–Kier alpha value is -1.17. The Morgan fingerprint density at radius 3 is 2.50 bits per heavy atom. The van der Waals surface area contributed by atoms with Gasteiger partial charge >= 0.3 is 0 Å². The number of hydrogen-bond acceptors (Lipinski definition) is 5. The summed E-state index contributed by atoms with van der Waals surface area (Å²) >= 11 is 0. The molecule has 0 amide bonds. The zero-order valence-electron chi connectivity index (χ0n) is 8.06. The van der Waals surface area contributed by atoms with Gasteiger partial charge in [-0.2, -0.15) is 5.21 Å². The lowest BCUT2D eigenvalue weighted by Gasteiger charge is -2.33. The standard InChI is InChI=1S/C8H14N6/c1-2-7(1)13-3-5-14(6-4-13)8-9-11-12-10-8/h7H,1-6H2,(H,9,10,11,12). The lowest BCUT2D eigenvalue weighted by Crippen LogP contribution is -2.47. The second-order valence-corrected chi connectivity index (χ2v) is 3.97. The maximum Gasteiger partial charge on any atom is 0.265 e. The van der Waals surface area contributed by atoms with E-state index in [9.17, 15) is 0 Å². The van der Waals surface area contributed by atoms with Crippen LogP contribution in [-0.2, 0) is 0 Å². The predicted molar refractivity (Wildman–Crippen MR) is 51.0 cm³/mol. The molecule has 1 aromatic rings. The van der Waals surface area contributed by atoms with Crippen LogP contribution in [0.4, 0.5) is 5.95 Å². The van der Waals surface area contributed by atoms with Crippen molar-refractivity contribution in [2.45, 2.75) is 18.9 Å². The number of nitrogens with zero attached hydrogens (tertiary/aromatic N) is 5. The average Bonchev–Trinajstić information content (AvgIpc) is 2.94. The summed E-state index contributed by atoms with van der Waals surface area (Å²) in [5.41, 5.74) is 0. The molecular weight excluding hydrogens is 180 g/mol. The van der Waals surface area contributed by atoms with Crippen molar-refractivity contribution in [1.29, 1.82) is 0 Å². The van der Waals surface area contributed by atoms with E-state index >= 15 is 0 Å². The third-order valence-corrected chi connectivity index (χ3v) is 2.99. The van der Waals surface area contributed by atoms with Gasteiger partial charge in [0.05, 0.1) is 0 Å². The fourth-order valence-electron chi connectivity index (χ4n) is 2.02. The summed E-state index contributed by atoms with van der Waals surface area (Å²) in [4.78, 5) is 4.75. The first-order valence-corrected chi connectivity index (χ1v) is 5.16. The smallest absolute Gasteiger partial charge is 0.265 e. The molecule has 0 aromatic carbocycles. The minimum atomic E-state index is 0.737. The average molecular weight is 194 g/mol. The SMILES string of the molecule is C1CC1N1CCN(c2nn[nH]n2)CC1. The molecule has 2 heterocycles. The lowest BCUT2D eigenvalue weighted by molar-refractivity contribution is 0.247. The van der Waals surface area contributed by atoms with Crippen molar-refractivity contribution in [2.75, 3.05) is 31.1 Å². The Kier molecular flexibility index (Phi) is 1.86. The van der Waals surface area contributed by atoms with E-state index in [4.69, 9.17) is 0 Å². The molecule has 0 unspecified atom stereocenters. The highest BCUT2D eigenvalue weighted by Gasteiger charge is 2.31. The van der Waals surface area contributed by atoms with Crippen molar-refractivity contribution in [3.05, 3.63) is 0 Å². The molecule has 0 spiro atoms. The van der Waals surface area contributed by atoms with Gasteiger partial charge in [-0.05, 0) is 18.1 Å². The van der Waals surface area contributed by atoms with Crippen LogP contribution in [-0.4, -0.2) is 57.7 Å². The van der Waals surface area contributed by atoms with Crippen LogP contribution in [0.2, 0.25) is 0 Å². The van der Waals surface area contributed by atoms with Crippen LogP contribution in [0.15, 0.2) is 0 Å². The molecule has 0 radical (unpaired) electrons. The summed E-state index contributed by atoms with van der Waals surface area (Å²) in [7, 11) is 0. The maximum absolute atomic E-state index is 3.99. The Bertz CT molecular complexity index is 285. The Morgan fingerprint density at radius 2 is 1.93 bits per heavy atom. The van der Waals surface area contributed by atoms with Gasteiger partial charge in [-0.15, -0.1) is 5.10 Å². The fourth-order valence-corrected chi connectivity index (χ4v) is 2.02. The number of hydrogen-bond donors (Lipinski definition) is 1. The monoisotopic (exact) mass is 194 g/mol. The van der Waals surface area contributed by atoms with Gasteiger partial charge in [-0.1, -0.05) is 5.10 Å². The minimum absolute atomic E-state index is 0.737. The summed E-state index contributed by atoms with van der Waals surface area (Å²) in [5, 5.41) is 14.0. The third kappa shape index (κ3) is 1.45. The van der Waals surface area contributed by atoms with Gasteiger partial charge in [0.1, 0.15) is 0 Å². The zero-order valence-corrected chi connectivity index (χ0v) is 8.06. The molecule has 1 saturated heterocycles. The second-order valence-electron chi connectivity index (χ2n) is 3.97. The molecule has 1 saturated carbocycles. The quantitative estimate of drug-likeness (QED) is 0.686. The van der Waals surface area contributed by atoms with E-state index in [0.29, 0.717) is 0 Å². The summed E-state index contributed by atoms with van der Waals surface area (Å²) in [6, 6.07) is 0.877. The van der Waals surface area contributed by atoms with E-state index in [1.54, 1.807) is 0 Å². The van der Waals surface area contributed by atoms with Crippen LogP contribution in [0.5, 0.6) is 0 Å². The van der Waals surface area contributed by atoms with E-state index in [0.717, 1.165) is 38.2 Å². The van der Waals surface area contributed by atoms with Crippen molar-refractivity contribution in [3.63, 3.8) is 0 Å². The number of aromatic nitrogens is 4. The van der Waals surface area contributed by atoms with E-state index in [2.05, 4.69) is 30.4 Å². The summed E-state index contributed by atoms with van der Waals surface area (Å²) in [6.07, 6.45) is 2.78. The third-order valence-electron chi connectivity index (χ3n) is 2.99. The highest BCUT2D eigenvalue weighted by molar-refractivity contribution is 5.26. The molecule has 1 aromatic heterocycles. The number of rotatable bonds is 2. The lowest BCUT2D eigenvalue weighted by atomic mass is 10.3. The van der Waals surface area contributed by atoms with E-state index in [1.807, 2.05) is 0 Å². The van der Waals surface area contributed by atoms with E-state index in [1.165, 1.54) is 12.8 Å². The molecule has 6 heteroatoms. The molecule has 3 rings (SSSR count). The molecular formula is C8H14N6. The van der Waals surface area contributed by atoms with Gasteiger partial charge in [0.15, 0.2) is 0 Å². The van der Waals surface area contributed by atoms with Crippen molar-refractivity contribution >= 4 is 5.95 Å². The van der Waals surface area contributed by atoms with Crippen LogP contribution in [0.3, 0.4) is 0 Å². The van der Waals surface area contributed by atoms with Gasteiger partial charge in [0.25, 0.3) is 5.95 Å². The largest absolute Gasteiger partial charge is 0.336 e. The van der Waals surface area contributed by atoms with Gasteiger partial charge < -0.3 is 4.90 Å². The predicted octanol–water partition coefficient (Wildman–Crippen LogP) is -0.516. The molecule has 6 nitrogen and oxygen atoms in total. The minimum Gasteiger partial charge on any atom is -0.336 e. The number of piperazine rings is 1. The topological polar surface area (TPSA) is 60.9 Å². The number of anilines is 1. The van der Waals surface area contributed by atoms with Gasteiger partial charge in [0, 0.05) is 32.2 Å². The Morgan fingerprint density at radius 1 is 1.14 bits per heavy atom. The first-order valence-electron chi connectivity index (χ1n) is 5.16. The fraction of sp³-hybridized carbons (Fsp3) is 0.875. The van der Waals surface area contributed by atoms with Crippen molar-refractivity contribution in [3.8, 4) is 0 Å². The molecule has 14 heavy (non-hydrogen) atoms. The van der Waals surface area contributed by atoms with Crippen LogP contribution in [0, 0.1) is 0 Å². The van der Waals surface area contributed by atoms with Gasteiger partial charge in [-0.25, -0.2) is 0 Å². The van der Waals surface area contributed by atoms with Crippen LogP contribution in [0.1, 0.15) is 12.8 Å². The summed E-state index contributed by atoms with van der Waals surface area (Å²) in [6.45, 7) is 4.32. The van der Waals surface area contributed by atoms with E-state index < -0.39 is 0 Å². The molecule has 1 aliphatic carbocycles. The van der Waals surface area contributed by atoms with Gasteiger partial charge in [0.2, 0.25) is 0 Å². The number of H-pyrrole nitrogens is 1.